The van der Waals surface area contributed by atoms with Crippen molar-refractivity contribution in [1.29, 1.82) is 0 Å². The van der Waals surface area contributed by atoms with Crippen molar-refractivity contribution in [2.45, 2.75) is 11.8 Å². The molecule has 2 rings (SSSR count). The van der Waals surface area contributed by atoms with Crippen LogP contribution in [0.4, 0.5) is 5.13 Å². The number of aromatic nitrogens is 1. The van der Waals surface area contributed by atoms with Crippen LogP contribution in [0, 0.1) is 6.92 Å². The lowest BCUT2D eigenvalue weighted by molar-refractivity contribution is 0.0605. The molecular weight excluding hydrogens is 394 g/mol. The number of anilines is 1. The van der Waals surface area contributed by atoms with Crippen LogP contribution in [0.3, 0.4) is 0 Å². The van der Waals surface area contributed by atoms with Gasteiger partial charge >= 0.3 is 5.97 Å². The number of hydrogen-bond donors (Lipinski definition) is 1. The van der Waals surface area contributed by atoms with E-state index in [1.54, 1.807) is 6.92 Å². The molecule has 2 aromatic rings. The molecule has 0 bridgehead atoms. The highest BCUT2D eigenvalue weighted by molar-refractivity contribution is 7.89. The molecule has 0 saturated carbocycles. The molecule has 1 heterocycles. The highest BCUT2D eigenvalue weighted by Gasteiger charge is 2.24. The number of thiazole rings is 1. The summed E-state index contributed by atoms with van der Waals surface area (Å²) >= 11 is 0.969. The third kappa shape index (κ3) is 4.26. The van der Waals surface area contributed by atoms with E-state index in [1.807, 2.05) is 0 Å². The van der Waals surface area contributed by atoms with E-state index >= 15 is 0 Å². The Kier molecular flexibility index (Phi) is 6.19. The van der Waals surface area contributed by atoms with Crippen molar-refractivity contribution in [3.63, 3.8) is 0 Å². The van der Waals surface area contributed by atoms with Gasteiger partial charge in [-0.1, -0.05) is 11.3 Å². The number of benzene rings is 1. The van der Waals surface area contributed by atoms with Crippen LogP contribution in [0.25, 0.3) is 0 Å². The molecule has 0 aliphatic heterocycles. The summed E-state index contributed by atoms with van der Waals surface area (Å²) in [4.78, 5) is 28.4. The van der Waals surface area contributed by atoms with Crippen molar-refractivity contribution in [2.24, 2.45) is 0 Å². The molecule has 1 N–H and O–H groups in total. The normalized spacial score (nSPS) is 11.3. The molecule has 0 fully saturated rings. The highest BCUT2D eigenvalue weighted by Crippen LogP contribution is 2.28. The number of nitrogens with zero attached hydrogens (tertiary/aromatic N) is 2. The summed E-state index contributed by atoms with van der Waals surface area (Å²) < 4.78 is 35.7. The van der Waals surface area contributed by atoms with Crippen LogP contribution in [0.1, 0.15) is 25.7 Å². The minimum absolute atomic E-state index is 0.101. The van der Waals surface area contributed by atoms with Gasteiger partial charge in [0.15, 0.2) is 5.13 Å². The quantitative estimate of drug-likeness (QED) is 0.718. The SMILES string of the molecule is COC(=O)c1sc(NC(=O)c2ccc(OC)c(S(=O)(=O)N(C)C)c2)nc1C. The first-order valence-electron chi connectivity index (χ1n) is 7.59. The van der Waals surface area contributed by atoms with E-state index in [0.29, 0.717) is 5.69 Å². The average Bonchev–Trinajstić information content (AvgIpc) is 3.00. The minimum Gasteiger partial charge on any atom is -0.495 e. The van der Waals surface area contributed by atoms with Gasteiger partial charge in [-0.25, -0.2) is 22.5 Å². The van der Waals surface area contributed by atoms with Crippen LogP contribution in [0.2, 0.25) is 0 Å². The molecule has 0 aliphatic rings. The third-order valence-electron chi connectivity index (χ3n) is 3.57. The zero-order chi connectivity index (χ0) is 20.4. The summed E-state index contributed by atoms with van der Waals surface area (Å²) in [6.45, 7) is 1.62. The fraction of sp³-hybridized carbons (Fsp3) is 0.312. The number of esters is 1. The summed E-state index contributed by atoms with van der Waals surface area (Å²) in [5, 5.41) is 2.75. The van der Waals surface area contributed by atoms with Crippen molar-refractivity contribution >= 4 is 38.4 Å². The molecule has 1 aromatic heterocycles. The standard InChI is InChI=1S/C16H19N3O6S2/c1-9-13(15(21)25-5)26-16(17-9)18-14(20)10-6-7-11(24-4)12(8-10)27(22,23)19(2)3/h6-8H,1-5H3,(H,17,18,20). The molecule has 1 amide bonds. The summed E-state index contributed by atoms with van der Waals surface area (Å²) in [5.74, 6) is -0.995. The highest BCUT2D eigenvalue weighted by atomic mass is 32.2. The Morgan fingerprint density at radius 3 is 2.44 bits per heavy atom. The van der Waals surface area contributed by atoms with Crippen LogP contribution < -0.4 is 10.1 Å². The molecular formula is C16H19N3O6S2. The maximum atomic E-state index is 12.5. The van der Waals surface area contributed by atoms with E-state index in [4.69, 9.17) is 4.74 Å². The molecule has 0 atom stereocenters. The van der Waals surface area contributed by atoms with Gasteiger partial charge in [-0.05, 0) is 25.1 Å². The van der Waals surface area contributed by atoms with Crippen LogP contribution >= 0.6 is 11.3 Å². The fourth-order valence-corrected chi connectivity index (χ4v) is 4.07. The minimum atomic E-state index is -3.81. The lowest BCUT2D eigenvalue weighted by Gasteiger charge is -2.15. The molecule has 11 heteroatoms. The number of ether oxygens (including phenoxy) is 2. The van der Waals surface area contributed by atoms with Crippen LogP contribution in [0.15, 0.2) is 23.1 Å². The molecule has 1 aromatic carbocycles. The van der Waals surface area contributed by atoms with Gasteiger partial charge in [0, 0.05) is 19.7 Å². The zero-order valence-corrected chi connectivity index (χ0v) is 17.0. The Hall–Kier alpha value is -2.50. The number of sulfonamides is 1. The molecule has 0 spiro atoms. The Bertz CT molecular complexity index is 982. The van der Waals surface area contributed by atoms with E-state index in [9.17, 15) is 18.0 Å². The molecule has 9 nitrogen and oxygen atoms in total. The summed E-state index contributed by atoms with van der Waals surface area (Å²) in [6, 6.07) is 4.06. The summed E-state index contributed by atoms with van der Waals surface area (Å²) in [7, 11) is 1.55. The van der Waals surface area contributed by atoms with Crippen LogP contribution in [-0.2, 0) is 14.8 Å². The Morgan fingerprint density at radius 1 is 1.22 bits per heavy atom. The third-order valence-corrected chi connectivity index (χ3v) is 6.46. The monoisotopic (exact) mass is 413 g/mol. The van der Waals surface area contributed by atoms with Gasteiger partial charge in [-0.2, -0.15) is 0 Å². The van der Waals surface area contributed by atoms with Crippen molar-refractivity contribution in [3.8, 4) is 5.75 Å². The van der Waals surface area contributed by atoms with E-state index in [1.165, 1.54) is 46.5 Å². The molecule has 0 saturated heterocycles. The Labute approximate surface area is 161 Å². The first-order valence-corrected chi connectivity index (χ1v) is 9.85. The maximum absolute atomic E-state index is 12.5. The second-order valence-corrected chi connectivity index (χ2v) is 8.65. The molecule has 146 valence electrons. The van der Waals surface area contributed by atoms with Gasteiger partial charge in [-0.15, -0.1) is 0 Å². The van der Waals surface area contributed by atoms with E-state index in [-0.39, 0.29) is 26.2 Å². The van der Waals surface area contributed by atoms with Crippen molar-refractivity contribution in [3.05, 3.63) is 34.3 Å². The van der Waals surface area contributed by atoms with E-state index in [2.05, 4.69) is 15.0 Å². The number of hydrogen-bond acceptors (Lipinski definition) is 8. The number of methoxy groups -OCH3 is 2. The number of nitrogens with one attached hydrogen (secondary N) is 1. The lowest BCUT2D eigenvalue weighted by Crippen LogP contribution is -2.23. The molecule has 0 unspecified atom stereocenters. The number of aryl methyl sites for hydroxylation is 1. The van der Waals surface area contributed by atoms with Crippen molar-refractivity contribution in [1.82, 2.24) is 9.29 Å². The van der Waals surface area contributed by atoms with Gasteiger partial charge in [0.05, 0.1) is 19.9 Å². The topological polar surface area (TPSA) is 115 Å². The molecule has 0 radical (unpaired) electrons. The summed E-state index contributed by atoms with van der Waals surface area (Å²) in [6.07, 6.45) is 0. The second kappa shape index (κ2) is 8.03. The molecule has 27 heavy (non-hydrogen) atoms. The predicted octanol–water partition coefficient (Wildman–Crippen LogP) is 1.75. The average molecular weight is 413 g/mol. The summed E-state index contributed by atoms with van der Waals surface area (Å²) in [5.41, 5.74) is 0.524. The van der Waals surface area contributed by atoms with Gasteiger partial charge in [-0.3, -0.25) is 10.1 Å². The first-order chi connectivity index (χ1) is 12.6. The zero-order valence-electron chi connectivity index (χ0n) is 15.4. The van der Waals surface area contributed by atoms with Crippen molar-refractivity contribution < 1.29 is 27.5 Å². The number of rotatable bonds is 6. The van der Waals surface area contributed by atoms with Gasteiger partial charge < -0.3 is 9.47 Å². The van der Waals surface area contributed by atoms with E-state index in [0.717, 1.165) is 15.6 Å². The number of carbonyl (C=O) groups is 2. The van der Waals surface area contributed by atoms with Gasteiger partial charge in [0.2, 0.25) is 10.0 Å². The lowest BCUT2D eigenvalue weighted by atomic mass is 10.2. The maximum Gasteiger partial charge on any atom is 0.350 e. The Morgan fingerprint density at radius 2 is 1.89 bits per heavy atom. The van der Waals surface area contributed by atoms with Gasteiger partial charge in [0.25, 0.3) is 5.91 Å². The van der Waals surface area contributed by atoms with Crippen molar-refractivity contribution in [2.75, 3.05) is 33.6 Å². The number of amides is 1. The first kappa shape index (κ1) is 20.8. The fourth-order valence-electron chi connectivity index (χ4n) is 2.12. The van der Waals surface area contributed by atoms with Gasteiger partial charge in [0.1, 0.15) is 15.5 Å². The Balaban J connectivity index is 2.36. The van der Waals surface area contributed by atoms with E-state index < -0.39 is 21.9 Å². The second-order valence-electron chi connectivity index (χ2n) is 5.53. The predicted molar refractivity (Wildman–Crippen MR) is 100 cm³/mol. The largest absolute Gasteiger partial charge is 0.495 e. The van der Waals surface area contributed by atoms with Crippen LogP contribution in [0.5, 0.6) is 5.75 Å². The smallest absolute Gasteiger partial charge is 0.350 e. The molecule has 0 aliphatic carbocycles. The van der Waals surface area contributed by atoms with Crippen LogP contribution in [-0.4, -0.2) is 57.9 Å². The number of carbonyl (C=O) groups excluding carboxylic acids is 2.